The third-order valence-corrected chi connectivity index (χ3v) is 4.85. The lowest BCUT2D eigenvalue weighted by molar-refractivity contribution is -0.143. The Bertz CT molecular complexity index is 839. The maximum absolute atomic E-state index is 13.2. The van der Waals surface area contributed by atoms with E-state index < -0.39 is 6.04 Å². The monoisotopic (exact) mass is 410 g/mol. The molecule has 1 atom stereocenters. The molecule has 5 nitrogen and oxygen atoms in total. The molecule has 0 aliphatic heterocycles. The molecule has 162 valence electrons. The highest BCUT2D eigenvalue weighted by molar-refractivity contribution is 5.88. The zero-order valence-corrected chi connectivity index (χ0v) is 19.0. The number of amides is 2. The number of rotatable bonds is 9. The van der Waals surface area contributed by atoms with Gasteiger partial charge in [0.1, 0.15) is 11.8 Å². The second-order valence-electron chi connectivity index (χ2n) is 8.21. The molecule has 0 radical (unpaired) electrons. The van der Waals surface area contributed by atoms with Crippen LogP contribution in [-0.2, 0) is 16.1 Å². The second kappa shape index (κ2) is 10.8. The summed E-state index contributed by atoms with van der Waals surface area (Å²) in [4.78, 5) is 27.6. The van der Waals surface area contributed by atoms with Crippen LogP contribution in [0.2, 0.25) is 0 Å². The van der Waals surface area contributed by atoms with Gasteiger partial charge in [-0.1, -0.05) is 42.8 Å². The quantitative estimate of drug-likeness (QED) is 0.670. The van der Waals surface area contributed by atoms with Gasteiger partial charge in [0, 0.05) is 12.6 Å². The number of ether oxygens (including phenoxy) is 1. The van der Waals surface area contributed by atoms with Crippen LogP contribution in [0.3, 0.4) is 0 Å². The molecule has 0 saturated heterocycles. The van der Waals surface area contributed by atoms with Crippen LogP contribution in [0.25, 0.3) is 0 Å². The van der Waals surface area contributed by atoms with Gasteiger partial charge in [-0.05, 0) is 69.9 Å². The maximum Gasteiger partial charge on any atom is 0.261 e. The Morgan fingerprint density at radius 3 is 2.10 bits per heavy atom. The van der Waals surface area contributed by atoms with Crippen molar-refractivity contribution < 1.29 is 14.3 Å². The van der Waals surface area contributed by atoms with Crippen LogP contribution in [-0.4, -0.2) is 35.4 Å². The van der Waals surface area contributed by atoms with E-state index in [1.165, 1.54) is 0 Å². The summed E-state index contributed by atoms with van der Waals surface area (Å²) in [7, 11) is 0. The van der Waals surface area contributed by atoms with Crippen molar-refractivity contribution in [1.82, 2.24) is 10.2 Å². The normalized spacial score (nSPS) is 11.8. The molecule has 30 heavy (non-hydrogen) atoms. The molecular formula is C25H34N2O3. The average molecular weight is 411 g/mol. The van der Waals surface area contributed by atoms with E-state index in [0.717, 1.165) is 22.3 Å². The number of hydrogen-bond acceptors (Lipinski definition) is 3. The highest BCUT2D eigenvalue weighted by Gasteiger charge is 2.29. The highest BCUT2D eigenvalue weighted by Crippen LogP contribution is 2.18. The largest absolute Gasteiger partial charge is 0.484 e. The minimum absolute atomic E-state index is 0.00870. The summed E-state index contributed by atoms with van der Waals surface area (Å²) < 4.78 is 5.80. The van der Waals surface area contributed by atoms with Crippen molar-refractivity contribution in [1.29, 1.82) is 0 Å². The molecule has 1 N–H and O–H groups in total. The van der Waals surface area contributed by atoms with Gasteiger partial charge in [0.15, 0.2) is 6.61 Å². The molecule has 2 amide bonds. The molecule has 0 aliphatic rings. The van der Waals surface area contributed by atoms with Crippen LogP contribution in [0, 0.1) is 20.8 Å². The van der Waals surface area contributed by atoms with Crippen LogP contribution in [0.5, 0.6) is 5.75 Å². The Labute approximate surface area is 180 Å². The Hall–Kier alpha value is -2.82. The van der Waals surface area contributed by atoms with Crippen molar-refractivity contribution in [2.75, 3.05) is 6.61 Å². The first-order valence-corrected chi connectivity index (χ1v) is 10.6. The smallest absolute Gasteiger partial charge is 0.261 e. The number of nitrogens with zero attached hydrogens (tertiary/aromatic N) is 1. The number of nitrogens with one attached hydrogen (secondary N) is 1. The predicted octanol–water partition coefficient (Wildman–Crippen LogP) is 4.32. The molecule has 0 fully saturated rings. The molecular weight excluding hydrogens is 376 g/mol. The molecule has 0 aliphatic carbocycles. The standard InChI is InChI=1S/C25H34N2O3/c1-7-23(25(29)26-17(2)3)27(15-21-10-8-18(4)9-11-21)24(28)16-30-22-13-19(5)12-20(6)14-22/h8-14,17,23H,7,15-16H2,1-6H3,(H,26,29)/t23-/m1/s1. The van der Waals surface area contributed by atoms with E-state index in [-0.39, 0.29) is 24.5 Å². The van der Waals surface area contributed by atoms with Gasteiger partial charge >= 0.3 is 0 Å². The molecule has 5 heteroatoms. The Balaban J connectivity index is 2.22. The summed E-state index contributed by atoms with van der Waals surface area (Å²) in [6.07, 6.45) is 0.527. The summed E-state index contributed by atoms with van der Waals surface area (Å²) in [6, 6.07) is 13.3. The van der Waals surface area contributed by atoms with Crippen LogP contribution < -0.4 is 10.1 Å². The van der Waals surface area contributed by atoms with E-state index in [4.69, 9.17) is 4.74 Å². The fraction of sp³-hybridized carbons (Fsp3) is 0.440. The zero-order chi connectivity index (χ0) is 22.3. The second-order valence-corrected chi connectivity index (χ2v) is 8.21. The van der Waals surface area contributed by atoms with Crippen LogP contribution in [0.1, 0.15) is 49.4 Å². The van der Waals surface area contributed by atoms with Crippen LogP contribution in [0.4, 0.5) is 0 Å². The van der Waals surface area contributed by atoms with Crippen molar-refractivity contribution in [2.45, 2.75) is 66.6 Å². The van der Waals surface area contributed by atoms with Gasteiger partial charge in [0.25, 0.3) is 5.91 Å². The Morgan fingerprint density at radius 1 is 0.967 bits per heavy atom. The van der Waals surface area contributed by atoms with Gasteiger partial charge in [-0.25, -0.2) is 0 Å². The van der Waals surface area contributed by atoms with Crippen LogP contribution in [0.15, 0.2) is 42.5 Å². The molecule has 0 bridgehead atoms. The number of carbonyl (C=O) groups excluding carboxylic acids is 2. The molecule has 0 saturated carbocycles. The van der Waals surface area contributed by atoms with Crippen molar-refractivity contribution in [3.63, 3.8) is 0 Å². The molecule has 2 rings (SSSR count). The molecule has 0 heterocycles. The van der Waals surface area contributed by atoms with Gasteiger partial charge < -0.3 is 15.0 Å². The van der Waals surface area contributed by atoms with Crippen molar-refractivity contribution in [3.8, 4) is 5.75 Å². The molecule has 2 aromatic carbocycles. The number of carbonyl (C=O) groups is 2. The molecule has 2 aromatic rings. The van der Waals surface area contributed by atoms with Crippen molar-refractivity contribution >= 4 is 11.8 Å². The van der Waals surface area contributed by atoms with E-state index in [1.54, 1.807) is 4.90 Å². The van der Waals surface area contributed by atoms with Crippen LogP contribution >= 0.6 is 0 Å². The molecule has 0 unspecified atom stereocenters. The molecule has 0 spiro atoms. The zero-order valence-electron chi connectivity index (χ0n) is 19.0. The Morgan fingerprint density at radius 2 is 1.57 bits per heavy atom. The third-order valence-electron chi connectivity index (χ3n) is 4.85. The van der Waals surface area contributed by atoms with E-state index in [0.29, 0.717) is 18.7 Å². The first-order chi connectivity index (χ1) is 14.2. The SMILES string of the molecule is CC[C@H](C(=O)NC(C)C)N(Cc1ccc(C)cc1)C(=O)COc1cc(C)cc(C)c1. The number of aryl methyl sites for hydroxylation is 3. The van der Waals surface area contributed by atoms with Gasteiger partial charge in [0.05, 0.1) is 0 Å². The lowest BCUT2D eigenvalue weighted by atomic mass is 10.1. The summed E-state index contributed by atoms with van der Waals surface area (Å²) in [5.74, 6) is 0.315. The summed E-state index contributed by atoms with van der Waals surface area (Å²) in [5, 5.41) is 2.94. The lowest BCUT2D eigenvalue weighted by Gasteiger charge is -2.31. The Kier molecular flexibility index (Phi) is 8.46. The van der Waals surface area contributed by atoms with Crippen molar-refractivity contribution in [3.05, 3.63) is 64.7 Å². The van der Waals surface area contributed by atoms with E-state index in [1.807, 2.05) is 77.9 Å². The van der Waals surface area contributed by atoms with Gasteiger partial charge in [-0.2, -0.15) is 0 Å². The average Bonchev–Trinajstić information content (AvgIpc) is 2.66. The predicted molar refractivity (Wildman–Crippen MR) is 120 cm³/mol. The number of benzene rings is 2. The van der Waals surface area contributed by atoms with Gasteiger partial charge in [-0.15, -0.1) is 0 Å². The topological polar surface area (TPSA) is 58.6 Å². The first-order valence-electron chi connectivity index (χ1n) is 10.6. The summed E-state index contributed by atoms with van der Waals surface area (Å²) >= 11 is 0. The fourth-order valence-corrected chi connectivity index (χ4v) is 3.43. The fourth-order valence-electron chi connectivity index (χ4n) is 3.43. The highest BCUT2D eigenvalue weighted by atomic mass is 16.5. The summed E-state index contributed by atoms with van der Waals surface area (Å²) in [6.45, 7) is 12.0. The van der Waals surface area contributed by atoms with E-state index in [9.17, 15) is 9.59 Å². The third kappa shape index (κ3) is 6.90. The maximum atomic E-state index is 13.2. The number of hydrogen-bond donors (Lipinski definition) is 1. The minimum Gasteiger partial charge on any atom is -0.484 e. The van der Waals surface area contributed by atoms with Gasteiger partial charge in [-0.3, -0.25) is 9.59 Å². The van der Waals surface area contributed by atoms with E-state index in [2.05, 4.69) is 11.4 Å². The molecule has 0 aromatic heterocycles. The summed E-state index contributed by atoms with van der Waals surface area (Å²) in [5.41, 5.74) is 4.30. The van der Waals surface area contributed by atoms with Gasteiger partial charge in [0.2, 0.25) is 5.91 Å². The minimum atomic E-state index is -0.552. The van der Waals surface area contributed by atoms with Crippen molar-refractivity contribution in [2.24, 2.45) is 0 Å². The van der Waals surface area contributed by atoms with E-state index >= 15 is 0 Å². The first kappa shape index (κ1) is 23.5. The lowest BCUT2D eigenvalue weighted by Crippen LogP contribution is -2.51.